The van der Waals surface area contributed by atoms with E-state index < -0.39 is 6.10 Å². The molecule has 0 bridgehead atoms. The Labute approximate surface area is 510 Å². The predicted octanol–water partition coefficient (Wildman–Crippen LogP) is 24.8. The molecular formula is C76H136O6. The molecule has 0 rings (SSSR count). The molecule has 6 heteroatoms. The van der Waals surface area contributed by atoms with Gasteiger partial charge in [0.25, 0.3) is 0 Å². The van der Waals surface area contributed by atoms with Crippen LogP contribution in [0.15, 0.2) is 72.9 Å². The van der Waals surface area contributed by atoms with Gasteiger partial charge in [0, 0.05) is 19.3 Å². The van der Waals surface area contributed by atoms with Crippen LogP contribution in [0.3, 0.4) is 0 Å². The first-order chi connectivity index (χ1) is 40.5. The number of allylic oxidation sites excluding steroid dienone is 12. The third kappa shape index (κ3) is 67.6. The van der Waals surface area contributed by atoms with E-state index in [0.717, 1.165) is 89.9 Å². The molecule has 0 saturated heterocycles. The highest BCUT2D eigenvalue weighted by atomic mass is 16.6. The lowest BCUT2D eigenvalue weighted by Crippen LogP contribution is -2.30. The molecule has 0 fully saturated rings. The van der Waals surface area contributed by atoms with Crippen molar-refractivity contribution in [3.05, 3.63) is 72.9 Å². The van der Waals surface area contributed by atoms with Gasteiger partial charge in [0.1, 0.15) is 13.2 Å². The second-order valence-electron chi connectivity index (χ2n) is 24.1. The van der Waals surface area contributed by atoms with E-state index in [2.05, 4.69) is 93.7 Å². The molecule has 0 aromatic rings. The van der Waals surface area contributed by atoms with Gasteiger partial charge in [-0.15, -0.1) is 0 Å². The van der Waals surface area contributed by atoms with E-state index in [0.29, 0.717) is 19.3 Å². The molecule has 1 atom stereocenters. The molecule has 0 N–H and O–H groups in total. The molecule has 0 saturated carbocycles. The molecule has 6 nitrogen and oxygen atoms in total. The zero-order valence-electron chi connectivity index (χ0n) is 54.8. The Balaban J connectivity index is 4.08. The average molecular weight is 1150 g/mol. The molecule has 82 heavy (non-hydrogen) atoms. The Bertz CT molecular complexity index is 1500. The van der Waals surface area contributed by atoms with Crippen LogP contribution in [0.1, 0.15) is 374 Å². The van der Waals surface area contributed by atoms with Crippen LogP contribution in [-0.4, -0.2) is 37.2 Å². The van der Waals surface area contributed by atoms with Crippen LogP contribution in [0.25, 0.3) is 0 Å². The number of rotatable bonds is 66. The highest BCUT2D eigenvalue weighted by Crippen LogP contribution is 2.18. The van der Waals surface area contributed by atoms with Crippen molar-refractivity contribution in [1.82, 2.24) is 0 Å². The number of unbranched alkanes of at least 4 members (excludes halogenated alkanes) is 43. The van der Waals surface area contributed by atoms with Crippen molar-refractivity contribution < 1.29 is 28.6 Å². The molecule has 0 heterocycles. The lowest BCUT2D eigenvalue weighted by atomic mass is 10.0. The quantitative estimate of drug-likeness (QED) is 0.0261. The maximum Gasteiger partial charge on any atom is 0.306 e. The molecule has 476 valence electrons. The predicted molar refractivity (Wildman–Crippen MR) is 358 cm³/mol. The minimum atomic E-state index is -0.778. The van der Waals surface area contributed by atoms with Gasteiger partial charge in [-0.3, -0.25) is 14.4 Å². The van der Waals surface area contributed by atoms with Gasteiger partial charge < -0.3 is 14.2 Å². The second kappa shape index (κ2) is 70.3. The van der Waals surface area contributed by atoms with Crippen LogP contribution in [0.4, 0.5) is 0 Å². The third-order valence-electron chi connectivity index (χ3n) is 15.9. The van der Waals surface area contributed by atoms with Crippen LogP contribution in [0, 0.1) is 0 Å². The summed E-state index contributed by atoms with van der Waals surface area (Å²) in [5.74, 6) is -0.867. The summed E-state index contributed by atoms with van der Waals surface area (Å²) in [6, 6.07) is 0. The molecule has 0 aliphatic heterocycles. The van der Waals surface area contributed by atoms with Crippen molar-refractivity contribution in [3.8, 4) is 0 Å². The van der Waals surface area contributed by atoms with Crippen LogP contribution >= 0.6 is 0 Å². The van der Waals surface area contributed by atoms with Gasteiger partial charge in [0.15, 0.2) is 6.10 Å². The second-order valence-corrected chi connectivity index (χ2v) is 24.1. The lowest BCUT2D eigenvalue weighted by Gasteiger charge is -2.18. The summed E-state index contributed by atoms with van der Waals surface area (Å²) in [5, 5.41) is 0. The average Bonchev–Trinajstić information content (AvgIpc) is 3.47. The highest BCUT2D eigenvalue weighted by Gasteiger charge is 2.19. The molecule has 0 spiro atoms. The van der Waals surface area contributed by atoms with Gasteiger partial charge in [-0.25, -0.2) is 0 Å². The molecule has 0 aliphatic rings. The smallest absolute Gasteiger partial charge is 0.306 e. The van der Waals surface area contributed by atoms with Crippen LogP contribution in [0.5, 0.6) is 0 Å². The van der Waals surface area contributed by atoms with Gasteiger partial charge in [-0.05, 0) is 109 Å². The third-order valence-corrected chi connectivity index (χ3v) is 15.9. The zero-order chi connectivity index (χ0) is 59.2. The van der Waals surface area contributed by atoms with E-state index in [-0.39, 0.29) is 31.1 Å². The van der Waals surface area contributed by atoms with Crippen LogP contribution < -0.4 is 0 Å². The van der Waals surface area contributed by atoms with Crippen molar-refractivity contribution in [2.45, 2.75) is 380 Å². The van der Waals surface area contributed by atoms with Gasteiger partial charge in [-0.2, -0.15) is 0 Å². The van der Waals surface area contributed by atoms with Crippen molar-refractivity contribution in [1.29, 1.82) is 0 Å². The first-order valence-corrected chi connectivity index (χ1v) is 35.9. The largest absolute Gasteiger partial charge is 0.462 e. The van der Waals surface area contributed by atoms with Crippen molar-refractivity contribution >= 4 is 17.9 Å². The fourth-order valence-corrected chi connectivity index (χ4v) is 10.5. The number of esters is 3. The summed E-state index contributed by atoms with van der Waals surface area (Å²) in [5.41, 5.74) is 0. The topological polar surface area (TPSA) is 78.9 Å². The standard InChI is InChI=1S/C76H136O6/c1-4-7-10-13-16-19-22-25-27-29-30-31-32-33-34-35-36-37-38-39-40-41-42-43-44-45-46-48-49-51-54-57-60-63-66-69-75(78)81-72-73(71-80-74(77)68-65-62-59-56-53-24-21-18-15-12-9-6-3)82-76(79)70-67-64-61-58-55-52-50-47-28-26-23-20-17-14-11-8-5-2/h7,10,16,18-19,21,25-28,30-31,73H,4-6,8-9,11-15,17,20,22-24,29,32-72H2,1-3H3/b10-7-,19-16-,21-18-,27-25-,28-26-,31-30-. The minimum Gasteiger partial charge on any atom is -0.462 e. The SMILES string of the molecule is CC/C=C\C/C=C\C/C=C\C/C=C\CCCCCCCCCCCCCCCCCCCCCCCCC(=O)OCC(COC(=O)CCCCCCC/C=C\CCCCC)OC(=O)CCCCCCCCC/C=C\CCCCCCCC. The summed E-state index contributed by atoms with van der Waals surface area (Å²) in [6.45, 7) is 6.54. The Morgan fingerprint density at radius 2 is 0.476 bits per heavy atom. The molecular weight excluding hydrogens is 1010 g/mol. The van der Waals surface area contributed by atoms with Gasteiger partial charge >= 0.3 is 17.9 Å². The maximum atomic E-state index is 12.9. The van der Waals surface area contributed by atoms with E-state index >= 15 is 0 Å². The molecule has 1 unspecified atom stereocenters. The fourth-order valence-electron chi connectivity index (χ4n) is 10.5. The number of hydrogen-bond donors (Lipinski definition) is 0. The normalized spacial score (nSPS) is 12.5. The van der Waals surface area contributed by atoms with Crippen LogP contribution in [0.2, 0.25) is 0 Å². The molecule has 0 aromatic carbocycles. The fraction of sp³-hybridized carbons (Fsp3) is 0.803. The van der Waals surface area contributed by atoms with Crippen molar-refractivity contribution in [2.75, 3.05) is 13.2 Å². The van der Waals surface area contributed by atoms with E-state index in [1.54, 1.807) is 0 Å². The van der Waals surface area contributed by atoms with E-state index in [1.807, 2.05) is 0 Å². The lowest BCUT2D eigenvalue weighted by molar-refractivity contribution is -0.167. The number of carbonyl (C=O) groups is 3. The molecule has 0 radical (unpaired) electrons. The zero-order valence-corrected chi connectivity index (χ0v) is 54.8. The van der Waals surface area contributed by atoms with E-state index in [4.69, 9.17) is 14.2 Å². The monoisotopic (exact) mass is 1150 g/mol. The number of ether oxygens (including phenoxy) is 3. The number of hydrogen-bond acceptors (Lipinski definition) is 6. The van der Waals surface area contributed by atoms with E-state index in [1.165, 1.54) is 244 Å². The Morgan fingerprint density at radius 1 is 0.256 bits per heavy atom. The highest BCUT2D eigenvalue weighted by molar-refractivity contribution is 5.71. The van der Waals surface area contributed by atoms with Crippen molar-refractivity contribution in [2.24, 2.45) is 0 Å². The first kappa shape index (κ1) is 78.8. The summed E-state index contributed by atoms with van der Waals surface area (Å²) in [4.78, 5) is 38.3. The Kier molecular flexibility index (Phi) is 67.6. The summed E-state index contributed by atoms with van der Waals surface area (Å²) < 4.78 is 16.9. The summed E-state index contributed by atoms with van der Waals surface area (Å²) >= 11 is 0. The molecule has 0 amide bonds. The molecule has 0 aromatic heterocycles. The minimum absolute atomic E-state index is 0.0744. The van der Waals surface area contributed by atoms with Crippen molar-refractivity contribution in [3.63, 3.8) is 0 Å². The van der Waals surface area contributed by atoms with Crippen LogP contribution in [-0.2, 0) is 28.6 Å². The summed E-state index contributed by atoms with van der Waals surface area (Å²) in [6.07, 6.45) is 92.4. The van der Waals surface area contributed by atoms with Gasteiger partial charge in [-0.1, -0.05) is 318 Å². The van der Waals surface area contributed by atoms with Gasteiger partial charge in [0.05, 0.1) is 0 Å². The summed E-state index contributed by atoms with van der Waals surface area (Å²) in [7, 11) is 0. The maximum absolute atomic E-state index is 12.9. The van der Waals surface area contributed by atoms with Gasteiger partial charge in [0.2, 0.25) is 0 Å². The number of carbonyl (C=O) groups excluding carboxylic acids is 3. The first-order valence-electron chi connectivity index (χ1n) is 35.9. The Morgan fingerprint density at radius 3 is 0.780 bits per heavy atom. The molecule has 0 aliphatic carbocycles. The van der Waals surface area contributed by atoms with E-state index in [9.17, 15) is 14.4 Å². The Hall–Kier alpha value is -3.15.